The van der Waals surface area contributed by atoms with Gasteiger partial charge >= 0.3 is 6.18 Å². The molecule has 2 rings (SSSR count). The van der Waals surface area contributed by atoms with Crippen LogP contribution in [0.5, 0.6) is 0 Å². The Kier molecular flexibility index (Phi) is 4.52. The molecule has 0 radical (unpaired) electrons. The van der Waals surface area contributed by atoms with Gasteiger partial charge in [-0.25, -0.2) is 0 Å². The Morgan fingerprint density at radius 3 is 2.47 bits per heavy atom. The Labute approximate surface area is 110 Å². The monoisotopic (exact) mass is 276 g/mol. The molecule has 108 valence electrons. The van der Waals surface area contributed by atoms with Gasteiger partial charge in [0.15, 0.2) is 6.10 Å². The van der Waals surface area contributed by atoms with Gasteiger partial charge in [-0.3, -0.25) is 0 Å². The van der Waals surface area contributed by atoms with Gasteiger partial charge in [-0.1, -0.05) is 6.42 Å². The zero-order valence-electron chi connectivity index (χ0n) is 10.7. The summed E-state index contributed by atoms with van der Waals surface area (Å²) in [6.07, 6.45) is -0.353. The largest absolute Gasteiger partial charge is 0.418 e. The molecule has 1 N–H and O–H groups in total. The van der Waals surface area contributed by atoms with Crippen LogP contribution in [-0.2, 0) is 6.54 Å². The van der Waals surface area contributed by atoms with Crippen molar-refractivity contribution < 1.29 is 18.3 Å². The zero-order chi connectivity index (χ0) is 13.9. The number of piperidine rings is 1. The molecule has 1 saturated heterocycles. The molecule has 3 nitrogen and oxygen atoms in total. The third kappa shape index (κ3) is 3.98. The average molecular weight is 276 g/mol. The van der Waals surface area contributed by atoms with Gasteiger partial charge < -0.3 is 14.6 Å². The minimum Gasteiger partial charge on any atom is -0.379 e. The Morgan fingerprint density at radius 1 is 1.16 bits per heavy atom. The number of likely N-dealkylation sites (tertiary alicyclic amines) is 1. The number of aromatic nitrogens is 1. The summed E-state index contributed by atoms with van der Waals surface area (Å²) in [7, 11) is 0. The van der Waals surface area contributed by atoms with Crippen LogP contribution in [0.1, 0.15) is 30.9 Å². The van der Waals surface area contributed by atoms with E-state index in [4.69, 9.17) is 5.11 Å². The standard InChI is InChI=1S/C13H19F3N2O/c14-13(15,16)12(19)11-4-7-18(10-11)9-8-17-5-2-1-3-6-17/h4,7,10,12,19H,1-3,5-6,8-9H2. The lowest BCUT2D eigenvalue weighted by Gasteiger charge is -2.26. The second kappa shape index (κ2) is 5.96. The van der Waals surface area contributed by atoms with Crippen LogP contribution in [0, 0.1) is 0 Å². The fraction of sp³-hybridized carbons (Fsp3) is 0.692. The summed E-state index contributed by atoms with van der Waals surface area (Å²) in [6.45, 7) is 3.64. The maximum atomic E-state index is 12.4. The normalized spacial score (nSPS) is 19.6. The van der Waals surface area contributed by atoms with Gasteiger partial charge in [0.2, 0.25) is 0 Å². The molecular weight excluding hydrogens is 257 g/mol. The molecule has 0 aromatic carbocycles. The van der Waals surface area contributed by atoms with Crippen LogP contribution in [0.15, 0.2) is 18.5 Å². The first-order valence-corrected chi connectivity index (χ1v) is 6.59. The van der Waals surface area contributed by atoms with Gasteiger partial charge in [0, 0.05) is 31.0 Å². The summed E-state index contributed by atoms with van der Waals surface area (Å²) in [5.41, 5.74) is -0.0915. The average Bonchev–Trinajstić information content (AvgIpc) is 2.84. The number of hydrogen-bond donors (Lipinski definition) is 1. The lowest BCUT2D eigenvalue weighted by molar-refractivity contribution is -0.206. The highest BCUT2D eigenvalue weighted by atomic mass is 19.4. The number of aliphatic hydroxyl groups is 1. The van der Waals surface area contributed by atoms with Crippen LogP contribution in [0.3, 0.4) is 0 Å². The number of rotatable bonds is 4. The van der Waals surface area contributed by atoms with Gasteiger partial charge in [0.25, 0.3) is 0 Å². The summed E-state index contributed by atoms with van der Waals surface area (Å²) in [4.78, 5) is 2.32. The summed E-state index contributed by atoms with van der Waals surface area (Å²) in [6, 6.07) is 1.33. The van der Waals surface area contributed by atoms with E-state index in [2.05, 4.69) is 4.90 Å². The fourth-order valence-corrected chi connectivity index (χ4v) is 2.39. The van der Waals surface area contributed by atoms with Gasteiger partial charge in [0.1, 0.15) is 0 Å². The molecule has 1 aromatic rings. The molecule has 2 heterocycles. The quantitative estimate of drug-likeness (QED) is 0.915. The molecule has 6 heteroatoms. The van der Waals surface area contributed by atoms with E-state index in [9.17, 15) is 13.2 Å². The predicted molar refractivity (Wildman–Crippen MR) is 65.7 cm³/mol. The summed E-state index contributed by atoms with van der Waals surface area (Å²) < 4.78 is 38.8. The van der Waals surface area contributed by atoms with Crippen molar-refractivity contribution in [1.29, 1.82) is 0 Å². The van der Waals surface area contributed by atoms with Crippen LogP contribution in [0.4, 0.5) is 13.2 Å². The van der Waals surface area contributed by atoms with E-state index in [1.54, 1.807) is 10.8 Å². The molecule has 0 bridgehead atoms. The fourth-order valence-electron chi connectivity index (χ4n) is 2.39. The lowest BCUT2D eigenvalue weighted by atomic mass is 10.1. The van der Waals surface area contributed by atoms with Crippen molar-refractivity contribution in [3.8, 4) is 0 Å². The van der Waals surface area contributed by atoms with Gasteiger partial charge in [0.05, 0.1) is 0 Å². The van der Waals surface area contributed by atoms with Crippen LogP contribution >= 0.6 is 0 Å². The van der Waals surface area contributed by atoms with E-state index in [0.29, 0.717) is 6.54 Å². The maximum Gasteiger partial charge on any atom is 0.418 e. The molecule has 19 heavy (non-hydrogen) atoms. The second-order valence-electron chi connectivity index (χ2n) is 5.03. The molecule has 0 amide bonds. The molecule has 1 aliphatic heterocycles. The minimum absolute atomic E-state index is 0.0915. The Morgan fingerprint density at radius 2 is 1.84 bits per heavy atom. The Hall–Kier alpha value is -1.01. The molecule has 1 aromatic heterocycles. The van der Waals surface area contributed by atoms with E-state index < -0.39 is 12.3 Å². The van der Waals surface area contributed by atoms with Crippen LogP contribution in [0.25, 0.3) is 0 Å². The summed E-state index contributed by atoms with van der Waals surface area (Å²) in [5.74, 6) is 0. The Balaban J connectivity index is 1.86. The van der Waals surface area contributed by atoms with Gasteiger partial charge in [-0.15, -0.1) is 0 Å². The SMILES string of the molecule is OC(c1ccn(CCN2CCCCC2)c1)C(F)(F)F. The third-order valence-corrected chi connectivity index (χ3v) is 3.52. The van der Waals surface area contributed by atoms with Crippen LogP contribution in [-0.4, -0.2) is 40.4 Å². The molecular formula is C13H19F3N2O. The number of aliphatic hydroxyl groups excluding tert-OH is 1. The van der Waals surface area contributed by atoms with E-state index in [1.165, 1.54) is 31.5 Å². The third-order valence-electron chi connectivity index (χ3n) is 3.52. The molecule has 0 aliphatic carbocycles. The van der Waals surface area contributed by atoms with Crippen molar-refractivity contribution in [2.24, 2.45) is 0 Å². The van der Waals surface area contributed by atoms with E-state index >= 15 is 0 Å². The number of hydrogen-bond acceptors (Lipinski definition) is 2. The highest BCUT2D eigenvalue weighted by Crippen LogP contribution is 2.32. The first-order chi connectivity index (χ1) is 8.97. The lowest BCUT2D eigenvalue weighted by Crippen LogP contribution is -2.32. The summed E-state index contributed by atoms with van der Waals surface area (Å²) >= 11 is 0. The highest BCUT2D eigenvalue weighted by molar-refractivity contribution is 5.15. The predicted octanol–water partition coefficient (Wildman–Crippen LogP) is 2.57. The summed E-state index contributed by atoms with van der Waals surface area (Å²) in [5, 5.41) is 9.14. The van der Waals surface area contributed by atoms with Gasteiger partial charge in [-0.05, 0) is 32.0 Å². The van der Waals surface area contributed by atoms with E-state index in [-0.39, 0.29) is 5.56 Å². The minimum atomic E-state index is -4.60. The zero-order valence-corrected chi connectivity index (χ0v) is 10.7. The van der Waals surface area contributed by atoms with Crippen LogP contribution in [0.2, 0.25) is 0 Å². The van der Waals surface area contributed by atoms with E-state index in [1.807, 2.05) is 0 Å². The molecule has 0 spiro atoms. The van der Waals surface area contributed by atoms with Crippen LogP contribution < -0.4 is 0 Å². The smallest absolute Gasteiger partial charge is 0.379 e. The highest BCUT2D eigenvalue weighted by Gasteiger charge is 2.39. The molecule has 1 aliphatic rings. The first kappa shape index (κ1) is 14.4. The molecule has 1 fully saturated rings. The second-order valence-corrected chi connectivity index (χ2v) is 5.03. The van der Waals surface area contributed by atoms with Crippen molar-refractivity contribution >= 4 is 0 Å². The first-order valence-electron chi connectivity index (χ1n) is 6.59. The van der Waals surface area contributed by atoms with Crippen molar-refractivity contribution in [1.82, 2.24) is 9.47 Å². The Bertz CT molecular complexity index is 397. The van der Waals surface area contributed by atoms with Crippen molar-refractivity contribution in [2.75, 3.05) is 19.6 Å². The molecule has 1 atom stereocenters. The van der Waals surface area contributed by atoms with Gasteiger partial charge in [-0.2, -0.15) is 13.2 Å². The maximum absolute atomic E-state index is 12.4. The topological polar surface area (TPSA) is 28.4 Å². The van der Waals surface area contributed by atoms with Crippen molar-refractivity contribution in [3.05, 3.63) is 24.0 Å². The van der Waals surface area contributed by atoms with Crippen molar-refractivity contribution in [2.45, 2.75) is 38.1 Å². The molecule has 1 unspecified atom stereocenters. The number of nitrogens with zero attached hydrogens (tertiary/aromatic N) is 2. The number of alkyl halides is 3. The molecule has 0 saturated carbocycles. The van der Waals surface area contributed by atoms with Crippen molar-refractivity contribution in [3.63, 3.8) is 0 Å². The van der Waals surface area contributed by atoms with E-state index in [0.717, 1.165) is 19.6 Å². The number of halogens is 3.